The number of hydrogen-bond donors (Lipinski definition) is 21. The van der Waals surface area contributed by atoms with Crippen molar-refractivity contribution in [2.45, 2.75) is 137 Å². The third kappa shape index (κ3) is 15.3. The van der Waals surface area contributed by atoms with Gasteiger partial charge < -0.3 is 155 Å². The summed E-state index contributed by atoms with van der Waals surface area (Å²) in [6.07, 6.45) is -41.9. The van der Waals surface area contributed by atoms with Gasteiger partial charge in [0.05, 0.1) is 13.2 Å². The number of ether oxygens (including phenoxy) is 8. The van der Waals surface area contributed by atoms with Crippen LogP contribution in [0.15, 0.2) is 46.1 Å². The van der Waals surface area contributed by atoms with Crippen LogP contribution in [0.5, 0.6) is 0 Å². The SMILES string of the molecule is CN1CCN(CCC2OC3OC(CO)C(OC4OC(CO)C(OC(O)/C(O)=C(/O)C(CCO)OC(O)/C(O)=C(\O)C(CCO)OC(O)/C(O)=C(\O)C(CCO)OC(O)C(O)=C2O)C(O)C4O)C(O)C3O)CC1. The van der Waals surface area contributed by atoms with Gasteiger partial charge in [-0.05, 0) is 13.5 Å². The maximum Gasteiger partial charge on any atom is 0.218 e. The number of piperazine rings is 1. The summed E-state index contributed by atoms with van der Waals surface area (Å²) in [5.74, 6) is -11.7. The molecule has 6 aliphatic rings. The lowest BCUT2D eigenvalue weighted by atomic mass is 9.96. The zero-order valence-corrected chi connectivity index (χ0v) is 38.8. The quantitative estimate of drug-likeness (QED) is 0.0915. The smallest absolute Gasteiger partial charge is 0.218 e. The molecule has 6 aliphatic heterocycles. The Hall–Kier alpha value is -3.56. The van der Waals surface area contributed by atoms with E-state index in [-0.39, 0.29) is 13.0 Å². The van der Waals surface area contributed by atoms with Gasteiger partial charge in [0, 0.05) is 71.8 Å². The summed E-state index contributed by atoms with van der Waals surface area (Å²) in [6.45, 7) is -2.46. The minimum absolute atomic E-state index is 0.107. The number of aliphatic hydroxyl groups excluding tert-OH is 21. The van der Waals surface area contributed by atoms with E-state index >= 15 is 0 Å². The van der Waals surface area contributed by atoms with E-state index < -0.39 is 209 Å². The maximum atomic E-state index is 11.4. The first-order valence-corrected chi connectivity index (χ1v) is 22.7. The fourth-order valence-electron chi connectivity index (χ4n) is 7.82. The Bertz CT molecular complexity index is 1800. The highest BCUT2D eigenvalue weighted by Gasteiger charge is 2.52. The van der Waals surface area contributed by atoms with Crippen LogP contribution in [-0.2, 0) is 37.9 Å². The Morgan fingerprint density at radius 3 is 1.04 bits per heavy atom. The van der Waals surface area contributed by atoms with Crippen molar-refractivity contribution in [2.24, 2.45) is 0 Å². The highest BCUT2D eigenvalue weighted by Crippen LogP contribution is 2.33. The van der Waals surface area contributed by atoms with E-state index in [1.54, 1.807) is 0 Å². The van der Waals surface area contributed by atoms with Crippen LogP contribution in [0.25, 0.3) is 0 Å². The number of aliphatic hydroxyl groups is 21. The lowest BCUT2D eigenvalue weighted by Gasteiger charge is -2.47. The van der Waals surface area contributed by atoms with Crippen LogP contribution < -0.4 is 0 Å². The Balaban J connectivity index is 1.81. The van der Waals surface area contributed by atoms with Gasteiger partial charge >= 0.3 is 0 Å². The molecule has 0 aromatic rings. The number of hydrogen-bond acceptors (Lipinski definition) is 31. The molecule has 418 valence electrons. The lowest BCUT2D eigenvalue weighted by molar-refractivity contribution is -0.368. The molecule has 18 atom stereocenters. The van der Waals surface area contributed by atoms with Crippen molar-refractivity contribution in [1.29, 1.82) is 0 Å². The average molecular weight is 1050 g/mol. The average Bonchev–Trinajstić information content (AvgIpc) is 3.36. The third-order valence-electron chi connectivity index (χ3n) is 12.1. The summed E-state index contributed by atoms with van der Waals surface area (Å²) >= 11 is 0. The van der Waals surface area contributed by atoms with Crippen LogP contribution in [0.1, 0.15) is 25.7 Å². The van der Waals surface area contributed by atoms with Crippen LogP contribution in [0.2, 0.25) is 0 Å². The summed E-state index contributed by atoms with van der Waals surface area (Å²) in [4.78, 5) is 3.95. The normalized spacial score (nSPS) is 42.0. The van der Waals surface area contributed by atoms with E-state index in [1.165, 1.54) is 0 Å². The van der Waals surface area contributed by atoms with E-state index in [4.69, 9.17) is 37.9 Å². The topological polar surface area (TPSA) is 505 Å². The van der Waals surface area contributed by atoms with Gasteiger partial charge in [-0.3, -0.25) is 0 Å². The molecule has 6 heterocycles. The molecule has 3 saturated heterocycles. The van der Waals surface area contributed by atoms with Crippen molar-refractivity contribution in [3.05, 3.63) is 46.1 Å². The second-order valence-electron chi connectivity index (χ2n) is 17.1. The third-order valence-corrected chi connectivity index (χ3v) is 12.1. The van der Waals surface area contributed by atoms with Crippen LogP contribution in [-0.4, -0.2) is 301 Å². The van der Waals surface area contributed by atoms with Gasteiger partial charge in [-0.25, -0.2) is 0 Å². The zero-order chi connectivity index (χ0) is 53.7. The van der Waals surface area contributed by atoms with Crippen LogP contribution in [0.3, 0.4) is 0 Å². The predicted molar refractivity (Wildman–Crippen MR) is 232 cm³/mol. The summed E-state index contributed by atoms with van der Waals surface area (Å²) in [6, 6.07) is 0. The number of likely N-dealkylation sites (N-methyl/N-ethyl adjacent to an activating group) is 1. The summed E-state index contributed by atoms with van der Waals surface area (Å²) in [5.41, 5.74) is 0. The molecule has 72 heavy (non-hydrogen) atoms. The molecule has 18 unspecified atom stereocenters. The molecule has 0 saturated carbocycles. The van der Waals surface area contributed by atoms with Crippen molar-refractivity contribution in [2.75, 3.05) is 72.8 Å². The largest absolute Gasteiger partial charge is 0.506 e. The van der Waals surface area contributed by atoms with Gasteiger partial charge in [-0.2, -0.15) is 0 Å². The lowest BCUT2D eigenvalue weighted by Crippen LogP contribution is -2.65. The monoisotopic (exact) mass is 1050 g/mol. The minimum atomic E-state index is -2.77. The number of fused-ring (bicyclic) bond motifs is 2. The van der Waals surface area contributed by atoms with Crippen molar-refractivity contribution in [1.82, 2.24) is 9.80 Å². The van der Waals surface area contributed by atoms with Crippen LogP contribution in [0.4, 0.5) is 0 Å². The predicted octanol–water partition coefficient (Wildman–Crippen LogP) is -6.44. The molecule has 21 N–H and O–H groups in total. The van der Waals surface area contributed by atoms with Gasteiger partial charge in [0.2, 0.25) is 25.2 Å². The Morgan fingerprint density at radius 2 is 0.694 bits per heavy atom. The second-order valence-corrected chi connectivity index (χ2v) is 17.1. The van der Waals surface area contributed by atoms with E-state index in [0.29, 0.717) is 26.2 Å². The van der Waals surface area contributed by atoms with Crippen molar-refractivity contribution in [3.63, 3.8) is 0 Å². The van der Waals surface area contributed by atoms with Gasteiger partial charge in [-0.1, -0.05) is 0 Å². The molecule has 0 aliphatic carbocycles. The number of rotatable bonds is 11. The first-order valence-electron chi connectivity index (χ1n) is 22.7. The standard InChI is InChI=1S/C41H70N2O29/c1-42-7-9-43(10-8-42)6-2-16-22(49)28(55)36(61)65-17(3-11-44)23(50)29(56)37(62)66-18(4-12-45)24(51)30(57)38(63)67-19(5-13-46)25(52)31(58)39(64)71-34-20(14-47)70-41(33(60)26(34)53)72-35-21(15-48)69-40(68-16)32(59)27(35)54/h16-21,26-27,32-41,44-64H,2-15H2,1H3/b28-22?,29-23+,30-24+,31-25-. The highest BCUT2D eigenvalue weighted by atomic mass is 16.8. The molecule has 3 fully saturated rings. The zero-order valence-electron chi connectivity index (χ0n) is 38.8. The van der Waals surface area contributed by atoms with Gasteiger partial charge in [0.15, 0.2) is 58.7 Å². The Kier molecular flexibility index (Phi) is 24.0. The Morgan fingerprint density at radius 1 is 0.375 bits per heavy atom. The van der Waals surface area contributed by atoms with Crippen LogP contribution >= 0.6 is 0 Å². The van der Waals surface area contributed by atoms with Crippen molar-refractivity contribution < 1.29 is 145 Å². The second kappa shape index (κ2) is 28.4. The minimum Gasteiger partial charge on any atom is -0.506 e. The number of nitrogens with zero attached hydrogens (tertiary/aromatic N) is 2. The fourth-order valence-corrected chi connectivity index (χ4v) is 7.82. The van der Waals surface area contributed by atoms with Gasteiger partial charge in [0.1, 0.15) is 73.2 Å². The van der Waals surface area contributed by atoms with Gasteiger partial charge in [-0.15, -0.1) is 0 Å². The molecule has 6 rings (SSSR count). The first-order chi connectivity index (χ1) is 34.0. The highest BCUT2D eigenvalue weighted by molar-refractivity contribution is 5.13. The summed E-state index contributed by atoms with van der Waals surface area (Å²) in [5, 5.41) is 225. The van der Waals surface area contributed by atoms with Crippen LogP contribution in [0, 0.1) is 0 Å². The molecule has 0 spiro atoms. The van der Waals surface area contributed by atoms with E-state index in [2.05, 4.69) is 0 Å². The Labute approximate surface area is 410 Å². The first kappa shape index (κ1) is 61.0. The molecular formula is C41H70N2O29. The molecule has 0 amide bonds. The molecular weight excluding hydrogens is 984 g/mol. The summed E-state index contributed by atoms with van der Waals surface area (Å²) < 4.78 is 43.4. The van der Waals surface area contributed by atoms with Crippen molar-refractivity contribution >= 4 is 0 Å². The molecule has 0 radical (unpaired) electrons. The molecule has 0 aromatic heterocycles. The van der Waals surface area contributed by atoms with E-state index in [9.17, 15) is 107 Å². The molecule has 31 nitrogen and oxygen atoms in total. The summed E-state index contributed by atoms with van der Waals surface area (Å²) in [7, 11) is 1.88. The maximum absolute atomic E-state index is 11.4. The van der Waals surface area contributed by atoms with E-state index in [1.807, 2.05) is 16.8 Å². The van der Waals surface area contributed by atoms with E-state index in [0.717, 1.165) is 0 Å². The molecule has 4 bridgehead atoms. The van der Waals surface area contributed by atoms with Gasteiger partial charge in [0.25, 0.3) is 0 Å². The fraction of sp³-hybridized carbons (Fsp3) is 0.805. The molecule has 0 aromatic carbocycles. The molecule has 31 heteroatoms. The van der Waals surface area contributed by atoms with Crippen molar-refractivity contribution in [3.8, 4) is 0 Å².